The number of rotatable bonds is 7. The quantitative estimate of drug-likeness (QED) is 0.584. The van der Waals surface area contributed by atoms with Gasteiger partial charge >= 0.3 is 0 Å². The number of piperidine rings is 1. The fourth-order valence-corrected chi connectivity index (χ4v) is 4.27. The molecule has 1 fully saturated rings. The molecular weight excluding hydrogens is 383 g/mol. The lowest BCUT2D eigenvalue weighted by molar-refractivity contribution is 0.0897. The molecule has 1 aromatic heterocycles. The maximum Gasteiger partial charge on any atom is 0.178 e. The molecule has 1 saturated heterocycles. The van der Waals surface area contributed by atoms with Crippen LogP contribution in [-0.4, -0.2) is 49.5 Å². The smallest absolute Gasteiger partial charge is 0.178 e. The van der Waals surface area contributed by atoms with Gasteiger partial charge in [0.15, 0.2) is 17.3 Å². The van der Waals surface area contributed by atoms with Gasteiger partial charge in [0.2, 0.25) is 0 Å². The van der Waals surface area contributed by atoms with E-state index in [1.807, 2.05) is 24.3 Å². The highest BCUT2D eigenvalue weighted by atomic mass is 19.1. The molecule has 1 N–H and O–H groups in total. The second-order valence-corrected chi connectivity index (χ2v) is 7.93. The number of ketones is 1. The summed E-state index contributed by atoms with van der Waals surface area (Å²) in [5.41, 5.74) is 2.71. The van der Waals surface area contributed by atoms with Crippen molar-refractivity contribution in [3.63, 3.8) is 0 Å². The van der Waals surface area contributed by atoms with Crippen LogP contribution in [0.4, 0.5) is 4.39 Å². The topological polar surface area (TPSA) is 54.6 Å². The first-order chi connectivity index (χ1) is 14.6. The highest BCUT2D eigenvalue weighted by Gasteiger charge is 2.23. The molecule has 3 aromatic rings. The van der Waals surface area contributed by atoms with E-state index in [2.05, 4.69) is 9.88 Å². The molecule has 6 heteroatoms. The standard InChI is InChI=1S/C24H27FN2O3/c1-29-23-12-19-20(14-26-21(19)13-24(23)30-2)22(28)15-27-9-7-17(8-10-27)11-16-3-5-18(25)6-4-16/h3-6,12-14,17,26H,7-11,15H2,1-2H3. The Kier molecular flexibility index (Phi) is 6.04. The first-order valence-corrected chi connectivity index (χ1v) is 10.3. The molecule has 158 valence electrons. The molecule has 0 radical (unpaired) electrons. The number of carbonyl (C=O) groups is 1. The number of hydrogen-bond acceptors (Lipinski definition) is 4. The molecule has 0 bridgehead atoms. The molecule has 30 heavy (non-hydrogen) atoms. The Morgan fingerprint density at radius 1 is 1.10 bits per heavy atom. The third-order valence-electron chi connectivity index (χ3n) is 6.00. The summed E-state index contributed by atoms with van der Waals surface area (Å²) >= 11 is 0. The highest BCUT2D eigenvalue weighted by molar-refractivity contribution is 6.09. The molecular formula is C24H27FN2O3. The third kappa shape index (κ3) is 4.33. The van der Waals surface area contributed by atoms with Crippen molar-refractivity contribution in [1.82, 2.24) is 9.88 Å². The molecule has 0 aliphatic carbocycles. The van der Waals surface area contributed by atoms with Crippen LogP contribution < -0.4 is 9.47 Å². The van der Waals surface area contributed by atoms with Gasteiger partial charge in [-0.15, -0.1) is 0 Å². The lowest BCUT2D eigenvalue weighted by atomic mass is 9.90. The molecule has 0 spiro atoms. The number of Topliss-reactive ketones (excluding diaryl/α,β-unsaturated/α-hetero) is 1. The summed E-state index contributed by atoms with van der Waals surface area (Å²) in [6.45, 7) is 2.21. The zero-order chi connectivity index (χ0) is 21.1. The maximum atomic E-state index is 13.1. The number of likely N-dealkylation sites (tertiary alicyclic amines) is 1. The van der Waals surface area contributed by atoms with E-state index in [0.717, 1.165) is 43.3 Å². The molecule has 0 unspecified atom stereocenters. The lowest BCUT2D eigenvalue weighted by Crippen LogP contribution is -2.37. The Morgan fingerprint density at radius 3 is 2.43 bits per heavy atom. The van der Waals surface area contributed by atoms with Crippen molar-refractivity contribution in [1.29, 1.82) is 0 Å². The number of hydrogen-bond donors (Lipinski definition) is 1. The lowest BCUT2D eigenvalue weighted by Gasteiger charge is -2.31. The van der Waals surface area contributed by atoms with Crippen molar-refractivity contribution in [2.45, 2.75) is 19.3 Å². The van der Waals surface area contributed by atoms with Crippen LogP contribution in [0, 0.1) is 11.7 Å². The normalized spacial score (nSPS) is 15.4. The summed E-state index contributed by atoms with van der Waals surface area (Å²) < 4.78 is 23.8. The summed E-state index contributed by atoms with van der Waals surface area (Å²) in [6, 6.07) is 10.5. The number of nitrogens with one attached hydrogen (secondary N) is 1. The van der Waals surface area contributed by atoms with Crippen LogP contribution in [0.25, 0.3) is 10.9 Å². The van der Waals surface area contributed by atoms with E-state index >= 15 is 0 Å². The van der Waals surface area contributed by atoms with Crippen molar-refractivity contribution in [2.24, 2.45) is 5.92 Å². The molecule has 2 aromatic carbocycles. The third-order valence-corrected chi connectivity index (χ3v) is 6.00. The van der Waals surface area contributed by atoms with E-state index in [-0.39, 0.29) is 11.6 Å². The monoisotopic (exact) mass is 410 g/mol. The average molecular weight is 410 g/mol. The fraction of sp³-hybridized carbons (Fsp3) is 0.375. The number of nitrogens with zero attached hydrogens (tertiary/aromatic N) is 1. The summed E-state index contributed by atoms with van der Waals surface area (Å²) in [5.74, 6) is 1.73. The fourth-order valence-electron chi connectivity index (χ4n) is 4.27. The van der Waals surface area contributed by atoms with E-state index in [0.29, 0.717) is 29.5 Å². The predicted molar refractivity (Wildman–Crippen MR) is 115 cm³/mol. The van der Waals surface area contributed by atoms with Gasteiger partial charge in [-0.1, -0.05) is 12.1 Å². The van der Waals surface area contributed by atoms with Gasteiger partial charge in [-0.2, -0.15) is 0 Å². The minimum Gasteiger partial charge on any atom is -0.493 e. The molecule has 0 saturated carbocycles. The van der Waals surface area contributed by atoms with Gasteiger partial charge in [-0.3, -0.25) is 9.69 Å². The van der Waals surface area contributed by atoms with Crippen LogP contribution in [-0.2, 0) is 6.42 Å². The van der Waals surface area contributed by atoms with Gasteiger partial charge in [0.1, 0.15) is 5.82 Å². The number of fused-ring (bicyclic) bond motifs is 1. The van der Waals surface area contributed by atoms with E-state index in [9.17, 15) is 9.18 Å². The Labute approximate surface area is 175 Å². The second-order valence-electron chi connectivity index (χ2n) is 7.93. The Bertz CT molecular complexity index is 1020. The molecule has 0 atom stereocenters. The maximum absolute atomic E-state index is 13.1. The zero-order valence-electron chi connectivity index (χ0n) is 17.4. The second kappa shape index (κ2) is 8.88. The number of H-pyrrole nitrogens is 1. The molecule has 1 aliphatic rings. The highest BCUT2D eigenvalue weighted by Crippen LogP contribution is 2.33. The predicted octanol–water partition coefficient (Wildman–Crippen LogP) is 4.46. The van der Waals surface area contributed by atoms with Crippen LogP contribution in [0.15, 0.2) is 42.6 Å². The Morgan fingerprint density at radius 2 is 1.77 bits per heavy atom. The summed E-state index contributed by atoms with van der Waals surface area (Å²) in [5, 5.41) is 0.851. The van der Waals surface area contributed by atoms with Gasteiger partial charge in [-0.25, -0.2) is 4.39 Å². The van der Waals surface area contributed by atoms with Gasteiger partial charge in [-0.05, 0) is 62.0 Å². The number of carbonyl (C=O) groups excluding carboxylic acids is 1. The van der Waals surface area contributed by atoms with E-state index in [1.54, 1.807) is 20.4 Å². The van der Waals surface area contributed by atoms with E-state index in [4.69, 9.17) is 9.47 Å². The molecule has 1 aliphatic heterocycles. The number of halogens is 1. The Balaban J connectivity index is 1.37. The SMILES string of the molecule is COc1cc2[nH]cc(C(=O)CN3CCC(Cc4ccc(F)cc4)CC3)c2cc1OC. The van der Waals surface area contributed by atoms with E-state index in [1.165, 1.54) is 17.7 Å². The number of methoxy groups -OCH3 is 2. The van der Waals surface area contributed by atoms with Crippen LogP contribution in [0.3, 0.4) is 0 Å². The first kappa shape index (κ1) is 20.4. The van der Waals surface area contributed by atoms with Crippen LogP contribution in [0.5, 0.6) is 11.5 Å². The molecule has 2 heterocycles. The number of benzene rings is 2. The van der Waals surface area contributed by atoms with Gasteiger partial charge in [0, 0.05) is 23.2 Å². The van der Waals surface area contributed by atoms with Crippen molar-refractivity contribution in [2.75, 3.05) is 33.9 Å². The minimum absolute atomic E-state index is 0.102. The Hall–Kier alpha value is -2.86. The van der Waals surface area contributed by atoms with Crippen molar-refractivity contribution < 1.29 is 18.7 Å². The molecule has 4 rings (SSSR count). The van der Waals surface area contributed by atoms with Crippen molar-refractivity contribution >= 4 is 16.7 Å². The van der Waals surface area contributed by atoms with Gasteiger partial charge in [0.25, 0.3) is 0 Å². The first-order valence-electron chi connectivity index (χ1n) is 10.3. The summed E-state index contributed by atoms with van der Waals surface area (Å²) in [4.78, 5) is 18.4. The van der Waals surface area contributed by atoms with E-state index < -0.39 is 0 Å². The van der Waals surface area contributed by atoms with Gasteiger partial charge in [0.05, 0.1) is 26.3 Å². The van der Waals surface area contributed by atoms with Crippen molar-refractivity contribution in [3.8, 4) is 11.5 Å². The van der Waals surface area contributed by atoms with Crippen LogP contribution in [0.2, 0.25) is 0 Å². The molecule has 0 amide bonds. The van der Waals surface area contributed by atoms with Gasteiger partial charge < -0.3 is 14.5 Å². The zero-order valence-corrected chi connectivity index (χ0v) is 17.4. The van der Waals surface area contributed by atoms with Crippen LogP contribution in [0.1, 0.15) is 28.8 Å². The largest absolute Gasteiger partial charge is 0.493 e. The number of ether oxygens (including phenoxy) is 2. The number of aromatic amines is 1. The summed E-state index contributed by atoms with van der Waals surface area (Å²) in [6.07, 6.45) is 4.83. The summed E-state index contributed by atoms with van der Waals surface area (Å²) in [7, 11) is 3.19. The number of aromatic nitrogens is 1. The average Bonchev–Trinajstić information content (AvgIpc) is 3.18. The van der Waals surface area contributed by atoms with Crippen LogP contribution >= 0.6 is 0 Å². The molecule has 5 nitrogen and oxygen atoms in total. The van der Waals surface area contributed by atoms with Crippen molar-refractivity contribution in [3.05, 3.63) is 59.5 Å². The minimum atomic E-state index is -0.194.